The van der Waals surface area contributed by atoms with Gasteiger partial charge in [-0.25, -0.2) is 0 Å². The smallest absolute Gasteiger partial charge is 1.00 e. The van der Waals surface area contributed by atoms with Crippen molar-refractivity contribution < 1.29 is 57.6 Å². The molecular weight excluding hydrogens is 223 g/mol. The van der Waals surface area contributed by atoms with Gasteiger partial charge in [-0.05, 0) is 6.42 Å². The van der Waals surface area contributed by atoms with Gasteiger partial charge < -0.3 is 6.22 Å². The Bertz CT molecular complexity index is 131. The Hall–Kier alpha value is 1.31. The van der Waals surface area contributed by atoms with Gasteiger partial charge in [0.25, 0.3) is 0 Å². The largest absolute Gasteiger partial charge is 1.00 e. The average Bonchev–Trinajstić information content (AvgIpc) is 2.26. The minimum Gasteiger partial charge on any atom is -1.00 e. The predicted octanol–water partition coefficient (Wildman–Crippen LogP) is 2.00. The monoisotopic (exact) mass is 252 g/mol. The molecule has 1 nitrogen and oxygen atoms in total. The first-order valence-corrected chi connectivity index (χ1v) is 6.85. The van der Waals surface area contributed by atoms with Crippen molar-refractivity contribution in [3.8, 4) is 0 Å². The van der Waals surface area contributed by atoms with Crippen LogP contribution >= 0.6 is 0 Å². The Labute approximate surface area is 146 Å². The first-order chi connectivity index (χ1) is 7.41. The van der Waals surface area contributed by atoms with E-state index in [9.17, 15) is 4.79 Å². The Morgan fingerprint density at radius 3 is 1.50 bits per heavy atom. The minimum atomic E-state index is 0. The molecule has 0 aliphatic carbocycles. The first kappa shape index (κ1) is 19.6. The Morgan fingerprint density at radius 2 is 1.12 bits per heavy atom. The number of aldehydes is 1. The van der Waals surface area contributed by atoms with Crippen LogP contribution < -0.4 is 51.4 Å². The number of rotatable bonds is 12. The molecule has 0 fully saturated rings. The fourth-order valence-electron chi connectivity index (χ4n) is 1.89. The van der Waals surface area contributed by atoms with Crippen LogP contribution in [0.5, 0.6) is 0 Å². The van der Waals surface area contributed by atoms with Crippen LogP contribution in [0.15, 0.2) is 0 Å². The summed E-state index contributed by atoms with van der Waals surface area (Å²) in [6.45, 7) is 2.26. The molecule has 0 bridgehead atoms. The van der Waals surface area contributed by atoms with Gasteiger partial charge in [0.05, 0.1) is 0 Å². The molecular formula is C14H29KO. The van der Waals surface area contributed by atoms with Crippen LogP contribution in [0.1, 0.15) is 85.4 Å². The van der Waals surface area contributed by atoms with E-state index in [0.717, 1.165) is 19.1 Å². The molecule has 16 heavy (non-hydrogen) atoms. The van der Waals surface area contributed by atoms with Gasteiger partial charge in [0.2, 0.25) is 0 Å². The molecule has 0 heterocycles. The third kappa shape index (κ3) is 17.7. The molecule has 0 saturated heterocycles. The zero-order valence-corrected chi connectivity index (χ0v) is 14.6. The van der Waals surface area contributed by atoms with Crippen molar-refractivity contribution in [3.63, 3.8) is 0 Å². The van der Waals surface area contributed by atoms with E-state index in [2.05, 4.69) is 6.92 Å². The van der Waals surface area contributed by atoms with Crippen LogP contribution in [0.25, 0.3) is 0 Å². The topological polar surface area (TPSA) is 17.1 Å². The maximum Gasteiger partial charge on any atom is 1.00 e. The molecule has 0 aliphatic rings. The summed E-state index contributed by atoms with van der Waals surface area (Å²) in [5.74, 6) is 0. The second-order valence-electron chi connectivity index (χ2n) is 4.49. The van der Waals surface area contributed by atoms with Crippen LogP contribution in [0.2, 0.25) is 0 Å². The summed E-state index contributed by atoms with van der Waals surface area (Å²) in [5, 5.41) is 0. The van der Waals surface area contributed by atoms with E-state index in [0.29, 0.717) is 0 Å². The van der Waals surface area contributed by atoms with Crippen LogP contribution in [0.3, 0.4) is 0 Å². The van der Waals surface area contributed by atoms with Crippen molar-refractivity contribution in [2.45, 2.75) is 84.0 Å². The van der Waals surface area contributed by atoms with Crippen LogP contribution in [0.4, 0.5) is 0 Å². The maximum atomic E-state index is 10.1. The van der Waals surface area contributed by atoms with Gasteiger partial charge in [0.1, 0.15) is 6.29 Å². The fraction of sp³-hybridized carbons (Fsp3) is 0.929. The molecule has 0 N–H and O–H groups in total. The summed E-state index contributed by atoms with van der Waals surface area (Å²) in [6.07, 6.45) is 16.7. The van der Waals surface area contributed by atoms with Gasteiger partial charge in [0.15, 0.2) is 0 Å². The number of hydrogen-bond donors (Lipinski definition) is 0. The number of carbonyl (C=O) groups is 1. The van der Waals surface area contributed by atoms with Gasteiger partial charge in [-0.3, -0.25) is 0 Å². The molecule has 0 saturated carbocycles. The number of hydrogen-bond acceptors (Lipinski definition) is 1. The quantitative estimate of drug-likeness (QED) is 0.295. The Morgan fingerprint density at radius 1 is 0.750 bits per heavy atom. The number of carbonyl (C=O) groups excluding carboxylic acids is 1. The van der Waals surface area contributed by atoms with E-state index in [-0.39, 0.29) is 52.8 Å². The molecule has 0 aromatic heterocycles. The van der Waals surface area contributed by atoms with Crippen molar-refractivity contribution >= 4 is 6.29 Å². The predicted molar refractivity (Wildman–Crippen MR) is 68.3 cm³/mol. The van der Waals surface area contributed by atoms with E-state index in [4.69, 9.17) is 0 Å². The van der Waals surface area contributed by atoms with Crippen molar-refractivity contribution in [2.75, 3.05) is 0 Å². The van der Waals surface area contributed by atoms with Crippen molar-refractivity contribution in [2.24, 2.45) is 0 Å². The summed E-state index contributed by atoms with van der Waals surface area (Å²) in [6, 6.07) is 0. The Kier molecular flexibility index (Phi) is 22.9. The average molecular weight is 252 g/mol. The zero-order chi connectivity index (χ0) is 11.2. The molecule has 92 valence electrons. The zero-order valence-electron chi connectivity index (χ0n) is 12.5. The van der Waals surface area contributed by atoms with Crippen LogP contribution in [-0.4, -0.2) is 6.29 Å². The van der Waals surface area contributed by atoms with Gasteiger partial charge in [-0.15, -0.1) is 0 Å². The third-order valence-corrected chi connectivity index (χ3v) is 2.93. The molecule has 2 heteroatoms. The van der Waals surface area contributed by atoms with E-state index in [1.807, 2.05) is 0 Å². The van der Waals surface area contributed by atoms with E-state index < -0.39 is 0 Å². The molecule has 0 amide bonds. The molecule has 0 aromatic rings. The molecule has 0 aliphatic heterocycles. The summed E-state index contributed by atoms with van der Waals surface area (Å²) < 4.78 is 0. The van der Waals surface area contributed by atoms with Crippen LogP contribution in [0, 0.1) is 0 Å². The molecule has 0 rings (SSSR count). The van der Waals surface area contributed by atoms with E-state index >= 15 is 0 Å². The standard InChI is InChI=1S/C14H28O.K.H/c1-2-3-4-5-6-7-8-9-10-11-12-13-14-15;;/h14H,2-13H2,1H3;;/q;+1;-1. The van der Waals surface area contributed by atoms with Gasteiger partial charge >= 0.3 is 51.4 Å². The fourth-order valence-corrected chi connectivity index (χ4v) is 1.89. The van der Waals surface area contributed by atoms with Crippen molar-refractivity contribution in [1.82, 2.24) is 0 Å². The second-order valence-corrected chi connectivity index (χ2v) is 4.49. The summed E-state index contributed by atoms with van der Waals surface area (Å²) in [4.78, 5) is 10.1. The summed E-state index contributed by atoms with van der Waals surface area (Å²) in [5.41, 5.74) is 0. The normalized spacial score (nSPS) is 9.81. The van der Waals surface area contributed by atoms with Gasteiger partial charge in [0, 0.05) is 6.42 Å². The maximum absolute atomic E-state index is 10.1. The van der Waals surface area contributed by atoms with Gasteiger partial charge in [-0.2, -0.15) is 0 Å². The molecule has 0 radical (unpaired) electrons. The third-order valence-electron chi connectivity index (χ3n) is 2.93. The van der Waals surface area contributed by atoms with Crippen LogP contribution in [-0.2, 0) is 4.79 Å². The summed E-state index contributed by atoms with van der Waals surface area (Å²) in [7, 11) is 0. The van der Waals surface area contributed by atoms with E-state index in [1.165, 1.54) is 64.2 Å². The minimum absolute atomic E-state index is 0. The second kappa shape index (κ2) is 18.7. The van der Waals surface area contributed by atoms with Crippen molar-refractivity contribution in [3.05, 3.63) is 0 Å². The first-order valence-electron chi connectivity index (χ1n) is 6.85. The Balaban J connectivity index is -0.000000980. The van der Waals surface area contributed by atoms with Crippen molar-refractivity contribution in [1.29, 1.82) is 0 Å². The van der Waals surface area contributed by atoms with E-state index in [1.54, 1.807) is 0 Å². The summed E-state index contributed by atoms with van der Waals surface area (Å²) >= 11 is 0. The molecule has 0 atom stereocenters. The molecule has 0 spiro atoms. The number of unbranched alkanes of at least 4 members (excludes halogenated alkanes) is 11. The van der Waals surface area contributed by atoms with Gasteiger partial charge in [-0.1, -0.05) is 71.1 Å². The SMILES string of the molecule is CCCCCCCCCCCCCC=O.[H-].[K+]. The molecule has 0 unspecified atom stereocenters. The molecule has 0 aromatic carbocycles.